The molecule has 1 heterocycles. The van der Waals surface area contributed by atoms with Crippen LogP contribution in [0.1, 0.15) is 5.76 Å². The molecule has 26 heavy (non-hydrogen) atoms. The highest BCUT2D eigenvalue weighted by atomic mass is 16.6. The second-order valence-electron chi connectivity index (χ2n) is 5.18. The van der Waals surface area contributed by atoms with Crippen molar-refractivity contribution in [3.05, 3.63) is 86.7 Å². The van der Waals surface area contributed by atoms with Crippen LogP contribution in [-0.4, -0.2) is 16.1 Å². The topological polar surface area (TPSA) is 124 Å². The van der Waals surface area contributed by atoms with Crippen LogP contribution in [0, 0.1) is 20.2 Å². The first kappa shape index (κ1) is 16.8. The lowest BCUT2D eigenvalue weighted by atomic mass is 10.1. The molecule has 1 aromatic heterocycles. The molecule has 3 rings (SSSR count). The molecule has 2 aromatic carbocycles. The van der Waals surface area contributed by atoms with E-state index in [-0.39, 0.29) is 11.4 Å². The fraction of sp³-hybridized carbons (Fsp3) is 0. The zero-order chi connectivity index (χ0) is 18.5. The van der Waals surface area contributed by atoms with Gasteiger partial charge in [-0.05, 0) is 30.3 Å². The Morgan fingerprint density at radius 2 is 1.65 bits per heavy atom. The van der Waals surface area contributed by atoms with Gasteiger partial charge in [0.2, 0.25) is 0 Å². The van der Waals surface area contributed by atoms with E-state index in [1.807, 2.05) is 0 Å². The lowest BCUT2D eigenvalue weighted by Crippen LogP contribution is -1.92. The second-order valence-corrected chi connectivity index (χ2v) is 5.18. The molecule has 0 radical (unpaired) electrons. The Hall–Kier alpha value is -4.01. The van der Waals surface area contributed by atoms with Gasteiger partial charge in [0, 0.05) is 29.8 Å². The third kappa shape index (κ3) is 3.90. The Labute approximate surface area is 146 Å². The predicted molar refractivity (Wildman–Crippen MR) is 95.1 cm³/mol. The van der Waals surface area contributed by atoms with Gasteiger partial charge >= 0.3 is 0 Å². The van der Waals surface area contributed by atoms with E-state index in [0.717, 1.165) is 0 Å². The van der Waals surface area contributed by atoms with Gasteiger partial charge in [-0.1, -0.05) is 6.07 Å². The van der Waals surface area contributed by atoms with E-state index >= 15 is 0 Å². The van der Waals surface area contributed by atoms with Gasteiger partial charge in [-0.3, -0.25) is 25.7 Å². The third-order valence-corrected chi connectivity index (χ3v) is 3.43. The van der Waals surface area contributed by atoms with Crippen LogP contribution in [0.3, 0.4) is 0 Å². The van der Waals surface area contributed by atoms with E-state index in [2.05, 4.69) is 10.5 Å². The van der Waals surface area contributed by atoms with Crippen molar-refractivity contribution >= 4 is 23.3 Å². The molecule has 0 bridgehead atoms. The number of hydrogen-bond donors (Lipinski definition) is 1. The summed E-state index contributed by atoms with van der Waals surface area (Å²) in [5, 5.41) is 25.4. The number of nitro benzene ring substituents is 2. The highest BCUT2D eigenvalue weighted by Gasteiger charge is 2.08. The molecular weight excluding hydrogens is 340 g/mol. The number of nitro groups is 2. The number of hydrazone groups is 1. The number of hydrogen-bond acceptors (Lipinski definition) is 7. The maximum absolute atomic E-state index is 10.7. The number of nitrogens with one attached hydrogen (secondary N) is 1. The van der Waals surface area contributed by atoms with Crippen molar-refractivity contribution in [1.82, 2.24) is 0 Å². The Bertz CT molecular complexity index is 979. The molecule has 0 aliphatic rings. The molecule has 130 valence electrons. The number of non-ortho nitro benzene ring substituents is 2. The van der Waals surface area contributed by atoms with Crippen molar-refractivity contribution in [3.63, 3.8) is 0 Å². The highest BCUT2D eigenvalue weighted by Crippen LogP contribution is 2.24. The third-order valence-electron chi connectivity index (χ3n) is 3.43. The van der Waals surface area contributed by atoms with Crippen molar-refractivity contribution in [2.45, 2.75) is 0 Å². The van der Waals surface area contributed by atoms with E-state index in [0.29, 0.717) is 22.8 Å². The predicted octanol–water partition coefficient (Wildman–Crippen LogP) is 4.21. The number of anilines is 1. The van der Waals surface area contributed by atoms with Gasteiger partial charge in [0.25, 0.3) is 11.4 Å². The number of furan rings is 1. The summed E-state index contributed by atoms with van der Waals surface area (Å²) in [6.45, 7) is 0. The summed E-state index contributed by atoms with van der Waals surface area (Å²) >= 11 is 0. The second kappa shape index (κ2) is 7.26. The first-order valence-corrected chi connectivity index (χ1v) is 7.41. The molecule has 0 amide bonds. The maximum Gasteiger partial charge on any atom is 0.271 e. The smallest absolute Gasteiger partial charge is 0.271 e. The van der Waals surface area contributed by atoms with Gasteiger partial charge in [0.1, 0.15) is 11.5 Å². The van der Waals surface area contributed by atoms with E-state index < -0.39 is 9.85 Å². The minimum absolute atomic E-state index is 0.00301. The summed E-state index contributed by atoms with van der Waals surface area (Å²) in [6, 6.07) is 15.3. The van der Waals surface area contributed by atoms with E-state index in [9.17, 15) is 20.2 Å². The Morgan fingerprint density at radius 1 is 0.923 bits per heavy atom. The average molecular weight is 352 g/mol. The minimum Gasteiger partial charge on any atom is -0.455 e. The number of nitrogens with zero attached hydrogens (tertiary/aromatic N) is 3. The lowest BCUT2D eigenvalue weighted by molar-refractivity contribution is -0.385. The zero-order valence-electron chi connectivity index (χ0n) is 13.2. The van der Waals surface area contributed by atoms with Crippen molar-refractivity contribution in [2.24, 2.45) is 5.10 Å². The normalized spacial score (nSPS) is 10.8. The fourth-order valence-electron chi connectivity index (χ4n) is 2.18. The van der Waals surface area contributed by atoms with Crippen molar-refractivity contribution in [3.8, 4) is 11.3 Å². The van der Waals surface area contributed by atoms with Gasteiger partial charge < -0.3 is 4.42 Å². The summed E-state index contributed by atoms with van der Waals surface area (Å²) in [4.78, 5) is 20.4. The van der Waals surface area contributed by atoms with Gasteiger partial charge in [0.05, 0.1) is 21.7 Å². The molecule has 0 fully saturated rings. The molecule has 3 aromatic rings. The van der Waals surface area contributed by atoms with E-state index in [4.69, 9.17) is 4.42 Å². The first-order valence-electron chi connectivity index (χ1n) is 7.41. The molecule has 0 atom stereocenters. The fourth-order valence-corrected chi connectivity index (χ4v) is 2.18. The van der Waals surface area contributed by atoms with Crippen LogP contribution in [0.5, 0.6) is 0 Å². The molecular formula is C17H12N4O5. The highest BCUT2D eigenvalue weighted by molar-refractivity contribution is 5.78. The van der Waals surface area contributed by atoms with Crippen LogP contribution in [-0.2, 0) is 0 Å². The molecule has 1 N–H and O–H groups in total. The minimum atomic E-state index is -0.488. The van der Waals surface area contributed by atoms with Gasteiger partial charge in [-0.15, -0.1) is 0 Å². The molecule has 0 saturated carbocycles. The monoisotopic (exact) mass is 352 g/mol. The molecule has 9 nitrogen and oxygen atoms in total. The standard InChI is InChI=1S/C17H12N4O5/c22-20(23)14-6-4-12(5-7-14)17-9-8-16(26-17)11-18-19-13-2-1-3-15(10-13)21(24)25/h1-11,19H. The van der Waals surface area contributed by atoms with E-state index in [1.165, 1.54) is 30.5 Å². The molecule has 0 unspecified atom stereocenters. The van der Waals surface area contributed by atoms with Crippen LogP contribution >= 0.6 is 0 Å². The van der Waals surface area contributed by atoms with E-state index in [1.54, 1.807) is 36.4 Å². The molecule has 9 heteroatoms. The van der Waals surface area contributed by atoms with Crippen LogP contribution < -0.4 is 5.43 Å². The van der Waals surface area contributed by atoms with Gasteiger partial charge in [-0.25, -0.2) is 0 Å². The SMILES string of the molecule is O=[N+]([O-])c1ccc(-c2ccc(C=NNc3cccc([N+](=O)[O-])c3)o2)cc1. The van der Waals surface area contributed by atoms with Crippen LogP contribution in [0.15, 0.2) is 70.2 Å². The summed E-state index contributed by atoms with van der Waals surface area (Å²) in [5.41, 5.74) is 3.82. The van der Waals surface area contributed by atoms with Crippen molar-refractivity contribution in [2.75, 3.05) is 5.43 Å². The summed E-state index contributed by atoms with van der Waals surface area (Å²) < 4.78 is 5.60. The van der Waals surface area contributed by atoms with Crippen LogP contribution in [0.25, 0.3) is 11.3 Å². The zero-order valence-corrected chi connectivity index (χ0v) is 13.2. The first-order chi connectivity index (χ1) is 12.5. The van der Waals surface area contributed by atoms with Crippen LogP contribution in [0.4, 0.5) is 17.1 Å². The molecule has 0 aliphatic heterocycles. The molecule has 0 saturated heterocycles. The molecule has 0 spiro atoms. The van der Waals surface area contributed by atoms with Crippen molar-refractivity contribution < 1.29 is 14.3 Å². The number of benzene rings is 2. The molecule has 0 aliphatic carbocycles. The maximum atomic E-state index is 10.7. The lowest BCUT2D eigenvalue weighted by Gasteiger charge is -1.99. The quantitative estimate of drug-likeness (QED) is 0.402. The largest absolute Gasteiger partial charge is 0.455 e. The summed E-state index contributed by atoms with van der Waals surface area (Å²) in [5.74, 6) is 0.994. The Balaban J connectivity index is 1.68. The van der Waals surface area contributed by atoms with Crippen LogP contribution in [0.2, 0.25) is 0 Å². The average Bonchev–Trinajstić information content (AvgIpc) is 3.11. The summed E-state index contributed by atoms with van der Waals surface area (Å²) in [7, 11) is 0. The van der Waals surface area contributed by atoms with Gasteiger partial charge in [0.15, 0.2) is 0 Å². The number of rotatable bonds is 6. The summed E-state index contributed by atoms with van der Waals surface area (Å²) in [6.07, 6.45) is 1.42. The Morgan fingerprint density at radius 3 is 2.35 bits per heavy atom. The van der Waals surface area contributed by atoms with Gasteiger partial charge in [-0.2, -0.15) is 5.10 Å². The Kier molecular flexibility index (Phi) is 4.70. The van der Waals surface area contributed by atoms with Crippen molar-refractivity contribution in [1.29, 1.82) is 0 Å².